The minimum atomic E-state index is 0.129. The van der Waals surface area contributed by atoms with Crippen LogP contribution in [0.1, 0.15) is 50.5 Å². The number of fused-ring (bicyclic) bond motifs is 1. The van der Waals surface area contributed by atoms with Crippen molar-refractivity contribution in [3.8, 4) is 0 Å². The molecule has 3 fully saturated rings. The zero-order valence-corrected chi connectivity index (χ0v) is 15.9. The van der Waals surface area contributed by atoms with Gasteiger partial charge < -0.3 is 14.2 Å². The molecule has 0 N–H and O–H groups in total. The van der Waals surface area contributed by atoms with E-state index in [-0.39, 0.29) is 11.8 Å². The molecule has 2 heterocycles. The van der Waals surface area contributed by atoms with E-state index in [0.29, 0.717) is 24.3 Å². The standard InChI is InChI=1S/C21H30N2O3/c1-3-23(21(25)18-7-5-15-12-19(15)18)16-8-10-22(11-9-16)20(24)13-17-6-4-14(2)26-17/h4,6,15-16,18-19H,3,5,7-13H2,1-2H3/t15-,18-,19+/m1/s1. The van der Waals surface area contributed by atoms with Crippen molar-refractivity contribution in [1.82, 2.24) is 9.80 Å². The maximum absolute atomic E-state index is 13.0. The second-order valence-corrected chi connectivity index (χ2v) is 8.27. The third-order valence-corrected chi connectivity index (χ3v) is 6.66. The minimum absolute atomic E-state index is 0.129. The molecule has 3 aliphatic rings. The number of carbonyl (C=O) groups excluding carboxylic acids is 2. The third kappa shape index (κ3) is 3.40. The average Bonchev–Trinajstić information content (AvgIpc) is 3.10. The fraction of sp³-hybridized carbons (Fsp3) is 0.714. The number of aryl methyl sites for hydroxylation is 1. The summed E-state index contributed by atoms with van der Waals surface area (Å²) in [7, 11) is 0. The van der Waals surface area contributed by atoms with Crippen LogP contribution in [-0.2, 0) is 16.0 Å². The van der Waals surface area contributed by atoms with Gasteiger partial charge in [-0.05, 0) is 69.9 Å². The summed E-state index contributed by atoms with van der Waals surface area (Å²) in [6, 6.07) is 4.07. The summed E-state index contributed by atoms with van der Waals surface area (Å²) in [5.74, 6) is 3.88. The Morgan fingerprint density at radius 1 is 1.19 bits per heavy atom. The molecule has 2 saturated carbocycles. The van der Waals surface area contributed by atoms with Crippen LogP contribution in [0, 0.1) is 24.7 Å². The van der Waals surface area contributed by atoms with E-state index >= 15 is 0 Å². The van der Waals surface area contributed by atoms with Gasteiger partial charge in [-0.1, -0.05) is 0 Å². The molecule has 1 aliphatic heterocycles. The van der Waals surface area contributed by atoms with Gasteiger partial charge in [0.2, 0.25) is 11.8 Å². The van der Waals surface area contributed by atoms with E-state index < -0.39 is 0 Å². The number of nitrogens with zero attached hydrogens (tertiary/aromatic N) is 2. The fourth-order valence-corrected chi connectivity index (χ4v) is 5.08. The van der Waals surface area contributed by atoms with Gasteiger partial charge in [0.1, 0.15) is 11.5 Å². The van der Waals surface area contributed by atoms with Gasteiger partial charge in [-0.15, -0.1) is 0 Å². The number of hydrogen-bond donors (Lipinski definition) is 0. The molecule has 0 spiro atoms. The lowest BCUT2D eigenvalue weighted by Crippen LogP contribution is -2.50. The minimum Gasteiger partial charge on any atom is -0.466 e. The molecule has 2 amide bonds. The van der Waals surface area contributed by atoms with E-state index in [9.17, 15) is 9.59 Å². The number of furan rings is 1. The SMILES string of the molecule is CCN(C(=O)[C@@H]1CC[C@@H]2C[C@@H]21)C1CCN(C(=O)Cc2ccc(C)o2)CC1. The highest BCUT2D eigenvalue weighted by molar-refractivity contribution is 5.81. The first-order chi connectivity index (χ1) is 12.6. The highest BCUT2D eigenvalue weighted by Gasteiger charge is 2.52. The Kier molecular flexibility index (Phi) is 4.80. The second kappa shape index (κ2) is 7.09. The molecule has 3 atom stereocenters. The van der Waals surface area contributed by atoms with Crippen LogP contribution < -0.4 is 0 Å². The Morgan fingerprint density at radius 3 is 2.50 bits per heavy atom. The van der Waals surface area contributed by atoms with Crippen molar-refractivity contribution in [2.24, 2.45) is 17.8 Å². The van der Waals surface area contributed by atoms with E-state index in [1.807, 2.05) is 24.0 Å². The number of amides is 2. The van der Waals surface area contributed by atoms with Crippen molar-refractivity contribution in [3.05, 3.63) is 23.7 Å². The molecule has 0 aromatic carbocycles. The monoisotopic (exact) mass is 358 g/mol. The van der Waals surface area contributed by atoms with E-state index in [1.54, 1.807) is 0 Å². The van der Waals surface area contributed by atoms with Crippen LogP contribution in [0.25, 0.3) is 0 Å². The van der Waals surface area contributed by atoms with Gasteiger partial charge in [0.15, 0.2) is 0 Å². The summed E-state index contributed by atoms with van der Waals surface area (Å²) in [4.78, 5) is 29.5. The Bertz CT molecular complexity index is 675. The predicted octanol–water partition coefficient (Wildman–Crippen LogP) is 3.02. The molecule has 26 heavy (non-hydrogen) atoms. The summed E-state index contributed by atoms with van der Waals surface area (Å²) in [6.07, 6.45) is 5.72. The summed E-state index contributed by atoms with van der Waals surface area (Å²) >= 11 is 0. The van der Waals surface area contributed by atoms with Gasteiger partial charge in [0.25, 0.3) is 0 Å². The lowest BCUT2D eigenvalue weighted by Gasteiger charge is -2.39. The molecule has 5 nitrogen and oxygen atoms in total. The molecule has 1 aromatic heterocycles. The number of hydrogen-bond acceptors (Lipinski definition) is 3. The zero-order chi connectivity index (χ0) is 18.3. The van der Waals surface area contributed by atoms with Crippen LogP contribution in [0.5, 0.6) is 0 Å². The van der Waals surface area contributed by atoms with Gasteiger partial charge >= 0.3 is 0 Å². The van der Waals surface area contributed by atoms with E-state index in [2.05, 4.69) is 11.8 Å². The molecule has 4 rings (SSSR count). The zero-order valence-electron chi connectivity index (χ0n) is 15.9. The Hall–Kier alpha value is -1.78. The number of carbonyl (C=O) groups is 2. The molecule has 0 radical (unpaired) electrons. The van der Waals surface area contributed by atoms with Gasteiger partial charge in [-0.25, -0.2) is 0 Å². The summed E-state index contributed by atoms with van der Waals surface area (Å²) < 4.78 is 5.52. The van der Waals surface area contributed by atoms with Crippen LogP contribution in [0.2, 0.25) is 0 Å². The fourth-order valence-electron chi connectivity index (χ4n) is 5.08. The molecule has 1 aromatic rings. The van der Waals surface area contributed by atoms with Crippen LogP contribution in [0.4, 0.5) is 0 Å². The molecule has 5 heteroatoms. The lowest BCUT2D eigenvalue weighted by molar-refractivity contribution is -0.140. The smallest absolute Gasteiger partial charge is 0.230 e. The van der Waals surface area contributed by atoms with Crippen LogP contribution in [-0.4, -0.2) is 47.3 Å². The van der Waals surface area contributed by atoms with E-state index in [0.717, 1.165) is 56.3 Å². The van der Waals surface area contributed by atoms with Crippen molar-refractivity contribution in [3.63, 3.8) is 0 Å². The van der Waals surface area contributed by atoms with Gasteiger partial charge in [0, 0.05) is 31.6 Å². The molecule has 0 bridgehead atoms. The van der Waals surface area contributed by atoms with Crippen molar-refractivity contribution < 1.29 is 14.0 Å². The van der Waals surface area contributed by atoms with Gasteiger partial charge in [0.05, 0.1) is 6.42 Å². The van der Waals surface area contributed by atoms with Crippen LogP contribution >= 0.6 is 0 Å². The predicted molar refractivity (Wildman–Crippen MR) is 98.5 cm³/mol. The van der Waals surface area contributed by atoms with Gasteiger partial charge in [-0.3, -0.25) is 9.59 Å². The number of likely N-dealkylation sites (tertiary alicyclic amines) is 1. The second-order valence-electron chi connectivity index (χ2n) is 8.27. The Labute approximate surface area is 155 Å². The Balaban J connectivity index is 1.30. The van der Waals surface area contributed by atoms with Crippen LogP contribution in [0.15, 0.2) is 16.5 Å². The largest absolute Gasteiger partial charge is 0.466 e. The molecular weight excluding hydrogens is 328 g/mol. The van der Waals surface area contributed by atoms with E-state index in [1.165, 1.54) is 12.8 Å². The Morgan fingerprint density at radius 2 is 1.96 bits per heavy atom. The quantitative estimate of drug-likeness (QED) is 0.813. The number of piperidine rings is 1. The molecule has 2 aliphatic carbocycles. The van der Waals surface area contributed by atoms with Crippen molar-refractivity contribution >= 4 is 11.8 Å². The highest BCUT2D eigenvalue weighted by atomic mass is 16.3. The molecular formula is C21H30N2O3. The lowest BCUT2D eigenvalue weighted by atomic mass is 9.97. The van der Waals surface area contributed by atoms with E-state index in [4.69, 9.17) is 4.42 Å². The first-order valence-electron chi connectivity index (χ1n) is 10.2. The summed E-state index contributed by atoms with van der Waals surface area (Å²) in [5.41, 5.74) is 0. The maximum Gasteiger partial charge on any atom is 0.230 e. The van der Waals surface area contributed by atoms with Crippen molar-refractivity contribution in [2.75, 3.05) is 19.6 Å². The van der Waals surface area contributed by atoms with Crippen molar-refractivity contribution in [1.29, 1.82) is 0 Å². The highest BCUT2D eigenvalue weighted by Crippen LogP contribution is 2.55. The third-order valence-electron chi connectivity index (χ3n) is 6.66. The molecule has 142 valence electrons. The van der Waals surface area contributed by atoms with Gasteiger partial charge in [-0.2, -0.15) is 0 Å². The first-order valence-corrected chi connectivity index (χ1v) is 10.2. The molecule has 1 saturated heterocycles. The average molecular weight is 358 g/mol. The summed E-state index contributed by atoms with van der Waals surface area (Å²) in [5, 5.41) is 0. The van der Waals surface area contributed by atoms with Crippen LogP contribution in [0.3, 0.4) is 0 Å². The normalized spacial score (nSPS) is 28.1. The summed E-state index contributed by atoms with van der Waals surface area (Å²) in [6.45, 7) is 6.25. The molecule has 0 unspecified atom stereocenters. The maximum atomic E-state index is 13.0. The first kappa shape index (κ1) is 17.6. The topological polar surface area (TPSA) is 53.8 Å². The number of rotatable bonds is 5. The van der Waals surface area contributed by atoms with Crippen molar-refractivity contribution in [2.45, 2.75) is 58.4 Å².